The van der Waals surface area contributed by atoms with Crippen molar-refractivity contribution in [2.24, 2.45) is 0 Å². The van der Waals surface area contributed by atoms with E-state index in [-0.39, 0.29) is 4.90 Å². The van der Waals surface area contributed by atoms with Gasteiger partial charge in [0.25, 0.3) is 10.0 Å². The summed E-state index contributed by atoms with van der Waals surface area (Å²) in [7, 11) is -3.60. The largest absolute Gasteiger partial charge is 0.263 e. The lowest BCUT2D eigenvalue weighted by atomic mass is 9.99. The Labute approximate surface area is 133 Å². The molecule has 0 radical (unpaired) electrons. The second-order valence-corrected chi connectivity index (χ2v) is 7.44. The van der Waals surface area contributed by atoms with Crippen molar-refractivity contribution in [1.82, 2.24) is 4.98 Å². The van der Waals surface area contributed by atoms with Crippen molar-refractivity contribution in [2.45, 2.75) is 31.1 Å². The molecule has 0 spiro atoms. The molecular formula is C15H17BrN2O2S. The standard InChI is InChI=1S/C15H17BrN2O2S/c1-3-11(2)12-4-7-14(8-5-12)21(19,20)18-15-9-6-13(16)10-17-15/h4-11H,3H2,1-2H3,(H,17,18)/t11-/m1/s1. The van der Waals surface area contributed by atoms with Crippen LogP contribution in [-0.4, -0.2) is 13.4 Å². The van der Waals surface area contributed by atoms with Crippen LogP contribution in [0.1, 0.15) is 31.7 Å². The number of pyridine rings is 1. The van der Waals surface area contributed by atoms with E-state index < -0.39 is 10.0 Å². The minimum Gasteiger partial charge on any atom is -0.263 e. The van der Waals surface area contributed by atoms with E-state index in [2.05, 4.69) is 39.5 Å². The lowest BCUT2D eigenvalue weighted by Crippen LogP contribution is -2.13. The number of hydrogen-bond donors (Lipinski definition) is 1. The molecule has 0 amide bonds. The Balaban J connectivity index is 2.21. The maximum atomic E-state index is 12.3. The van der Waals surface area contributed by atoms with E-state index in [9.17, 15) is 8.42 Å². The molecule has 1 aromatic carbocycles. The zero-order chi connectivity index (χ0) is 15.5. The van der Waals surface area contributed by atoms with Gasteiger partial charge in [-0.15, -0.1) is 0 Å². The van der Waals surface area contributed by atoms with Crippen LogP contribution in [0.4, 0.5) is 5.82 Å². The van der Waals surface area contributed by atoms with Crippen LogP contribution in [0.25, 0.3) is 0 Å². The summed E-state index contributed by atoms with van der Waals surface area (Å²) in [5.74, 6) is 0.715. The molecule has 6 heteroatoms. The number of anilines is 1. The Morgan fingerprint density at radius 1 is 1.19 bits per heavy atom. The monoisotopic (exact) mass is 368 g/mol. The average molecular weight is 369 g/mol. The average Bonchev–Trinajstić information content (AvgIpc) is 2.49. The molecule has 21 heavy (non-hydrogen) atoms. The molecule has 0 saturated carbocycles. The quantitative estimate of drug-likeness (QED) is 0.861. The highest BCUT2D eigenvalue weighted by molar-refractivity contribution is 9.10. The molecule has 0 fully saturated rings. The number of rotatable bonds is 5. The molecule has 1 aromatic heterocycles. The lowest BCUT2D eigenvalue weighted by molar-refractivity contribution is 0.601. The summed E-state index contributed by atoms with van der Waals surface area (Å²) in [6, 6.07) is 10.3. The first kappa shape index (κ1) is 16.0. The number of benzene rings is 1. The fourth-order valence-electron chi connectivity index (χ4n) is 1.84. The number of aromatic nitrogens is 1. The van der Waals surface area contributed by atoms with Crippen molar-refractivity contribution in [1.29, 1.82) is 0 Å². The van der Waals surface area contributed by atoms with Crippen molar-refractivity contribution in [3.63, 3.8) is 0 Å². The van der Waals surface area contributed by atoms with E-state index in [4.69, 9.17) is 0 Å². The predicted octanol–water partition coefficient (Wildman–Crippen LogP) is 4.16. The van der Waals surface area contributed by atoms with Gasteiger partial charge in [0.1, 0.15) is 5.82 Å². The van der Waals surface area contributed by atoms with Crippen LogP contribution < -0.4 is 4.72 Å². The van der Waals surface area contributed by atoms with Crippen LogP contribution in [0.2, 0.25) is 0 Å². The van der Waals surface area contributed by atoms with Gasteiger partial charge >= 0.3 is 0 Å². The number of hydrogen-bond acceptors (Lipinski definition) is 3. The third-order valence-electron chi connectivity index (χ3n) is 3.34. The molecule has 2 aromatic rings. The number of halogens is 1. The van der Waals surface area contributed by atoms with E-state index in [0.717, 1.165) is 16.5 Å². The van der Waals surface area contributed by atoms with Crippen molar-refractivity contribution in [3.05, 3.63) is 52.6 Å². The number of sulfonamides is 1. The van der Waals surface area contributed by atoms with Gasteiger partial charge in [0.2, 0.25) is 0 Å². The summed E-state index contributed by atoms with van der Waals surface area (Å²) in [5.41, 5.74) is 1.14. The van der Waals surface area contributed by atoms with E-state index in [1.807, 2.05) is 12.1 Å². The smallest absolute Gasteiger partial charge is 0.263 e. The summed E-state index contributed by atoms with van der Waals surface area (Å²) in [4.78, 5) is 4.25. The first-order chi connectivity index (χ1) is 9.92. The zero-order valence-corrected chi connectivity index (χ0v) is 14.3. The first-order valence-electron chi connectivity index (χ1n) is 6.66. The fourth-order valence-corrected chi connectivity index (χ4v) is 3.09. The van der Waals surface area contributed by atoms with Crippen LogP contribution >= 0.6 is 15.9 Å². The van der Waals surface area contributed by atoms with Gasteiger partial charge in [-0.1, -0.05) is 26.0 Å². The first-order valence-corrected chi connectivity index (χ1v) is 8.94. The summed E-state index contributed by atoms with van der Waals surface area (Å²) < 4.78 is 27.8. The zero-order valence-electron chi connectivity index (χ0n) is 11.9. The lowest BCUT2D eigenvalue weighted by Gasteiger charge is -2.11. The molecular weight excluding hydrogens is 352 g/mol. The summed E-state index contributed by atoms with van der Waals surface area (Å²) in [6.07, 6.45) is 2.57. The maximum Gasteiger partial charge on any atom is 0.263 e. The molecule has 0 saturated heterocycles. The van der Waals surface area contributed by atoms with E-state index in [1.165, 1.54) is 0 Å². The Morgan fingerprint density at radius 2 is 1.86 bits per heavy atom. The second kappa shape index (κ2) is 6.58. The Morgan fingerprint density at radius 3 is 2.38 bits per heavy atom. The molecule has 1 atom stereocenters. The van der Waals surface area contributed by atoms with Crippen LogP contribution in [0.3, 0.4) is 0 Å². The van der Waals surface area contributed by atoms with Gasteiger partial charge in [-0.2, -0.15) is 0 Å². The minimum absolute atomic E-state index is 0.235. The summed E-state index contributed by atoms with van der Waals surface area (Å²) >= 11 is 3.26. The number of nitrogens with one attached hydrogen (secondary N) is 1. The molecule has 0 unspecified atom stereocenters. The van der Waals surface area contributed by atoms with Crippen molar-refractivity contribution < 1.29 is 8.42 Å². The van der Waals surface area contributed by atoms with Crippen molar-refractivity contribution in [3.8, 4) is 0 Å². The highest BCUT2D eigenvalue weighted by atomic mass is 79.9. The summed E-state index contributed by atoms with van der Waals surface area (Å²) in [5, 5.41) is 0. The van der Waals surface area contributed by atoms with Crippen molar-refractivity contribution in [2.75, 3.05) is 4.72 Å². The molecule has 0 aliphatic rings. The van der Waals surface area contributed by atoms with Gasteiger partial charge in [-0.05, 0) is 58.1 Å². The van der Waals surface area contributed by atoms with Crippen LogP contribution in [0.5, 0.6) is 0 Å². The van der Waals surface area contributed by atoms with Crippen molar-refractivity contribution >= 4 is 31.8 Å². The summed E-state index contributed by atoms with van der Waals surface area (Å²) in [6.45, 7) is 4.23. The molecule has 1 N–H and O–H groups in total. The third kappa shape index (κ3) is 4.04. The molecule has 1 heterocycles. The van der Waals surface area contributed by atoms with Gasteiger partial charge in [-0.25, -0.2) is 13.4 Å². The highest BCUT2D eigenvalue weighted by Crippen LogP contribution is 2.21. The molecule has 0 bridgehead atoms. The third-order valence-corrected chi connectivity index (χ3v) is 5.18. The normalized spacial score (nSPS) is 12.9. The Kier molecular flexibility index (Phi) is 5.00. The van der Waals surface area contributed by atoms with Gasteiger partial charge in [0.15, 0.2) is 0 Å². The van der Waals surface area contributed by atoms with E-state index in [1.54, 1.807) is 30.5 Å². The molecule has 0 aliphatic carbocycles. The molecule has 112 valence electrons. The number of nitrogens with zero attached hydrogens (tertiary/aromatic N) is 1. The molecule has 0 aliphatic heterocycles. The van der Waals surface area contributed by atoms with Crippen LogP contribution in [0.15, 0.2) is 52.0 Å². The van der Waals surface area contributed by atoms with Gasteiger partial charge in [0, 0.05) is 10.7 Å². The van der Waals surface area contributed by atoms with Crippen LogP contribution in [-0.2, 0) is 10.0 Å². The second-order valence-electron chi connectivity index (χ2n) is 4.85. The predicted molar refractivity (Wildman–Crippen MR) is 87.9 cm³/mol. The van der Waals surface area contributed by atoms with E-state index in [0.29, 0.717) is 11.7 Å². The highest BCUT2D eigenvalue weighted by Gasteiger charge is 2.15. The van der Waals surface area contributed by atoms with Gasteiger partial charge in [-0.3, -0.25) is 4.72 Å². The Bertz CT molecular complexity index is 697. The molecule has 4 nitrogen and oxygen atoms in total. The topological polar surface area (TPSA) is 59.1 Å². The van der Waals surface area contributed by atoms with Gasteiger partial charge in [0.05, 0.1) is 4.90 Å². The van der Waals surface area contributed by atoms with Gasteiger partial charge < -0.3 is 0 Å². The Hall–Kier alpha value is -1.40. The SMILES string of the molecule is CC[C@@H](C)c1ccc(S(=O)(=O)Nc2ccc(Br)cn2)cc1. The fraction of sp³-hybridized carbons (Fsp3) is 0.267. The maximum absolute atomic E-state index is 12.3. The minimum atomic E-state index is -3.60. The van der Waals surface area contributed by atoms with E-state index >= 15 is 0 Å². The molecule has 2 rings (SSSR count). The van der Waals surface area contributed by atoms with Crippen LogP contribution in [0, 0.1) is 0 Å².